The standard InChI is InChI=1S/C19H19N3OS/c1-12-7-8-15(9-13(12)2)18-11-24-19(22-18)21-17-6-4-5-16(10-17)20-14(3)23/h4-11H,1-3H3,(H,20,23)(H,21,22). The summed E-state index contributed by atoms with van der Waals surface area (Å²) in [7, 11) is 0. The summed E-state index contributed by atoms with van der Waals surface area (Å²) in [5, 5.41) is 8.94. The molecule has 0 spiro atoms. The van der Waals surface area contributed by atoms with Gasteiger partial charge < -0.3 is 10.6 Å². The summed E-state index contributed by atoms with van der Waals surface area (Å²) in [5.74, 6) is -0.0848. The third kappa shape index (κ3) is 3.81. The van der Waals surface area contributed by atoms with Crippen LogP contribution in [0.5, 0.6) is 0 Å². The average Bonchev–Trinajstić information content (AvgIpc) is 2.98. The Morgan fingerprint density at radius 2 is 1.83 bits per heavy atom. The van der Waals surface area contributed by atoms with Crippen molar-refractivity contribution in [1.82, 2.24) is 4.98 Å². The van der Waals surface area contributed by atoms with Gasteiger partial charge in [-0.25, -0.2) is 4.98 Å². The van der Waals surface area contributed by atoms with Crippen molar-refractivity contribution >= 4 is 33.8 Å². The summed E-state index contributed by atoms with van der Waals surface area (Å²) < 4.78 is 0. The molecule has 3 rings (SSSR count). The predicted molar refractivity (Wildman–Crippen MR) is 101 cm³/mol. The maximum absolute atomic E-state index is 11.2. The molecule has 1 aromatic heterocycles. The highest BCUT2D eigenvalue weighted by Gasteiger charge is 2.06. The molecule has 0 fully saturated rings. The van der Waals surface area contributed by atoms with Crippen LogP contribution in [0.15, 0.2) is 47.8 Å². The highest BCUT2D eigenvalue weighted by atomic mass is 32.1. The monoisotopic (exact) mass is 337 g/mol. The maximum Gasteiger partial charge on any atom is 0.221 e. The van der Waals surface area contributed by atoms with E-state index in [1.54, 1.807) is 11.3 Å². The molecule has 5 heteroatoms. The average molecular weight is 337 g/mol. The first-order chi connectivity index (χ1) is 11.5. The number of benzene rings is 2. The number of hydrogen-bond acceptors (Lipinski definition) is 4. The first-order valence-corrected chi connectivity index (χ1v) is 8.57. The smallest absolute Gasteiger partial charge is 0.221 e. The van der Waals surface area contributed by atoms with Crippen molar-refractivity contribution in [3.05, 3.63) is 59.0 Å². The van der Waals surface area contributed by atoms with Gasteiger partial charge in [0.2, 0.25) is 5.91 Å². The van der Waals surface area contributed by atoms with Gasteiger partial charge in [-0.3, -0.25) is 4.79 Å². The minimum absolute atomic E-state index is 0.0848. The molecule has 0 saturated heterocycles. The number of nitrogens with zero attached hydrogens (tertiary/aromatic N) is 1. The summed E-state index contributed by atoms with van der Waals surface area (Å²) in [6.07, 6.45) is 0. The zero-order valence-corrected chi connectivity index (χ0v) is 14.7. The van der Waals surface area contributed by atoms with E-state index in [0.29, 0.717) is 0 Å². The molecule has 3 aromatic rings. The number of amides is 1. The van der Waals surface area contributed by atoms with Gasteiger partial charge in [0.05, 0.1) is 5.69 Å². The van der Waals surface area contributed by atoms with Crippen molar-refractivity contribution in [1.29, 1.82) is 0 Å². The topological polar surface area (TPSA) is 54.0 Å². The number of aryl methyl sites for hydroxylation is 2. The fourth-order valence-corrected chi connectivity index (χ4v) is 3.11. The van der Waals surface area contributed by atoms with Crippen LogP contribution in [0.4, 0.5) is 16.5 Å². The number of carbonyl (C=O) groups is 1. The lowest BCUT2D eigenvalue weighted by Crippen LogP contribution is -2.05. The van der Waals surface area contributed by atoms with Crippen LogP contribution >= 0.6 is 11.3 Å². The van der Waals surface area contributed by atoms with Crippen molar-refractivity contribution in [3.8, 4) is 11.3 Å². The Morgan fingerprint density at radius 3 is 2.58 bits per heavy atom. The van der Waals surface area contributed by atoms with Crippen molar-refractivity contribution in [2.24, 2.45) is 0 Å². The van der Waals surface area contributed by atoms with E-state index in [2.05, 4.69) is 47.7 Å². The fraction of sp³-hybridized carbons (Fsp3) is 0.158. The molecule has 2 aromatic carbocycles. The van der Waals surface area contributed by atoms with Gasteiger partial charge in [-0.1, -0.05) is 18.2 Å². The van der Waals surface area contributed by atoms with E-state index in [0.717, 1.165) is 27.8 Å². The number of rotatable bonds is 4. The van der Waals surface area contributed by atoms with E-state index in [1.807, 2.05) is 29.6 Å². The molecular formula is C19H19N3OS. The second-order valence-corrected chi connectivity index (χ2v) is 6.58. The summed E-state index contributed by atoms with van der Waals surface area (Å²) in [4.78, 5) is 15.8. The Kier molecular flexibility index (Phi) is 4.62. The van der Waals surface area contributed by atoms with Crippen molar-refractivity contribution < 1.29 is 4.79 Å². The third-order valence-electron chi connectivity index (χ3n) is 3.74. The normalized spacial score (nSPS) is 10.5. The van der Waals surface area contributed by atoms with Gasteiger partial charge in [-0.15, -0.1) is 11.3 Å². The number of thiazole rings is 1. The minimum Gasteiger partial charge on any atom is -0.331 e. The molecule has 1 heterocycles. The van der Waals surface area contributed by atoms with Crippen molar-refractivity contribution in [3.63, 3.8) is 0 Å². The van der Waals surface area contributed by atoms with Crippen LogP contribution in [0.2, 0.25) is 0 Å². The number of aromatic nitrogens is 1. The van der Waals surface area contributed by atoms with Crippen LogP contribution in [0, 0.1) is 13.8 Å². The summed E-state index contributed by atoms with van der Waals surface area (Å²) in [6, 6.07) is 14.0. The maximum atomic E-state index is 11.2. The predicted octanol–water partition coefficient (Wildman–Crippen LogP) is 5.13. The quantitative estimate of drug-likeness (QED) is 0.694. The number of hydrogen-bond donors (Lipinski definition) is 2. The molecule has 0 unspecified atom stereocenters. The van der Waals surface area contributed by atoms with Crippen molar-refractivity contribution in [2.45, 2.75) is 20.8 Å². The lowest BCUT2D eigenvalue weighted by atomic mass is 10.1. The van der Waals surface area contributed by atoms with Crippen LogP contribution in [0.25, 0.3) is 11.3 Å². The van der Waals surface area contributed by atoms with E-state index < -0.39 is 0 Å². The Labute approximate surface area is 145 Å². The van der Waals surface area contributed by atoms with E-state index in [-0.39, 0.29) is 5.91 Å². The van der Waals surface area contributed by atoms with Crippen LogP contribution in [-0.2, 0) is 4.79 Å². The van der Waals surface area contributed by atoms with Crippen LogP contribution in [-0.4, -0.2) is 10.9 Å². The molecule has 0 bridgehead atoms. The largest absolute Gasteiger partial charge is 0.331 e. The molecule has 0 radical (unpaired) electrons. The first kappa shape index (κ1) is 16.2. The van der Waals surface area contributed by atoms with Crippen LogP contribution in [0.3, 0.4) is 0 Å². The van der Waals surface area contributed by atoms with Gasteiger partial charge in [0.1, 0.15) is 0 Å². The number of anilines is 3. The van der Waals surface area contributed by atoms with E-state index in [1.165, 1.54) is 18.1 Å². The van der Waals surface area contributed by atoms with Gasteiger partial charge in [-0.05, 0) is 49.2 Å². The van der Waals surface area contributed by atoms with Gasteiger partial charge in [0.15, 0.2) is 5.13 Å². The molecule has 122 valence electrons. The minimum atomic E-state index is -0.0848. The Morgan fingerprint density at radius 1 is 1.04 bits per heavy atom. The van der Waals surface area contributed by atoms with Gasteiger partial charge >= 0.3 is 0 Å². The second kappa shape index (κ2) is 6.84. The van der Waals surface area contributed by atoms with Gasteiger partial charge in [0.25, 0.3) is 0 Å². The number of nitrogens with one attached hydrogen (secondary N) is 2. The van der Waals surface area contributed by atoms with Crippen LogP contribution < -0.4 is 10.6 Å². The Balaban J connectivity index is 1.79. The molecule has 0 aliphatic heterocycles. The number of carbonyl (C=O) groups excluding carboxylic acids is 1. The Bertz CT molecular complexity index is 886. The highest BCUT2D eigenvalue weighted by Crippen LogP contribution is 2.29. The van der Waals surface area contributed by atoms with E-state index in [9.17, 15) is 4.79 Å². The molecule has 0 aliphatic rings. The summed E-state index contributed by atoms with van der Waals surface area (Å²) in [5.41, 5.74) is 6.28. The molecule has 24 heavy (non-hydrogen) atoms. The van der Waals surface area contributed by atoms with Crippen molar-refractivity contribution in [2.75, 3.05) is 10.6 Å². The second-order valence-electron chi connectivity index (χ2n) is 5.72. The summed E-state index contributed by atoms with van der Waals surface area (Å²) in [6.45, 7) is 5.71. The summed E-state index contributed by atoms with van der Waals surface area (Å²) >= 11 is 1.56. The first-order valence-electron chi connectivity index (χ1n) is 7.69. The highest BCUT2D eigenvalue weighted by molar-refractivity contribution is 7.14. The molecule has 0 atom stereocenters. The molecular weight excluding hydrogens is 318 g/mol. The fourth-order valence-electron chi connectivity index (χ4n) is 2.37. The lowest BCUT2D eigenvalue weighted by Gasteiger charge is -2.06. The molecule has 1 amide bonds. The molecule has 2 N–H and O–H groups in total. The molecule has 0 saturated carbocycles. The molecule has 4 nitrogen and oxygen atoms in total. The Hall–Kier alpha value is -2.66. The SMILES string of the molecule is CC(=O)Nc1cccc(Nc2nc(-c3ccc(C)c(C)c3)cs2)c1. The lowest BCUT2D eigenvalue weighted by molar-refractivity contribution is -0.114. The molecule has 0 aliphatic carbocycles. The third-order valence-corrected chi connectivity index (χ3v) is 4.50. The van der Waals surface area contributed by atoms with E-state index in [4.69, 9.17) is 0 Å². The zero-order valence-electron chi connectivity index (χ0n) is 13.9. The van der Waals surface area contributed by atoms with E-state index >= 15 is 0 Å². The zero-order chi connectivity index (χ0) is 17.1. The van der Waals surface area contributed by atoms with Gasteiger partial charge in [0, 0.05) is 29.2 Å². The van der Waals surface area contributed by atoms with Crippen LogP contribution in [0.1, 0.15) is 18.1 Å². The van der Waals surface area contributed by atoms with Gasteiger partial charge in [-0.2, -0.15) is 0 Å².